The van der Waals surface area contributed by atoms with Crippen LogP contribution in [0.3, 0.4) is 0 Å². The molecular weight excluding hydrogens is 394 g/mol. The van der Waals surface area contributed by atoms with E-state index >= 15 is 0 Å². The molecule has 0 aromatic heterocycles. The van der Waals surface area contributed by atoms with E-state index < -0.39 is 10.0 Å². The van der Waals surface area contributed by atoms with E-state index in [1.54, 1.807) is 17.0 Å². The lowest BCUT2D eigenvalue weighted by molar-refractivity contribution is -0.131. The normalized spacial score (nSPS) is 16.4. The number of piperazine rings is 1. The van der Waals surface area contributed by atoms with Crippen LogP contribution in [0.1, 0.15) is 12.5 Å². The summed E-state index contributed by atoms with van der Waals surface area (Å²) in [4.78, 5) is 15.5. The van der Waals surface area contributed by atoms with Gasteiger partial charge in [0.2, 0.25) is 15.9 Å². The van der Waals surface area contributed by atoms with Crippen LogP contribution in [-0.2, 0) is 14.8 Å². The second kappa shape index (κ2) is 8.78. The van der Waals surface area contributed by atoms with Crippen molar-refractivity contribution in [2.24, 2.45) is 0 Å². The Morgan fingerprint density at radius 1 is 1.04 bits per heavy atom. The fourth-order valence-corrected chi connectivity index (χ4v) is 5.62. The van der Waals surface area contributed by atoms with Crippen molar-refractivity contribution in [2.75, 3.05) is 26.2 Å². The Kier molecular flexibility index (Phi) is 6.39. The Morgan fingerprint density at radius 2 is 1.64 bits per heavy atom. The minimum atomic E-state index is -3.76. The highest BCUT2D eigenvalue weighted by Gasteiger charge is 2.32. The van der Waals surface area contributed by atoms with Gasteiger partial charge in [0, 0.05) is 31.1 Å². The molecule has 2 aromatic carbocycles. The van der Waals surface area contributed by atoms with Gasteiger partial charge in [-0.05, 0) is 31.2 Å². The van der Waals surface area contributed by atoms with Crippen molar-refractivity contribution in [2.45, 2.75) is 22.0 Å². The van der Waals surface area contributed by atoms with Gasteiger partial charge in [0.05, 0.1) is 15.7 Å². The molecule has 1 atom stereocenters. The van der Waals surface area contributed by atoms with E-state index in [9.17, 15) is 18.5 Å². The van der Waals surface area contributed by atoms with Crippen LogP contribution in [-0.4, -0.2) is 55.0 Å². The summed E-state index contributed by atoms with van der Waals surface area (Å²) in [6.45, 7) is 2.98. The van der Waals surface area contributed by atoms with Crippen LogP contribution in [0.4, 0.5) is 0 Å². The lowest BCUT2D eigenvalue weighted by atomic mass is 10.2. The molecular formula is C20H21N3O3S2. The highest BCUT2D eigenvalue weighted by Crippen LogP contribution is 2.25. The van der Waals surface area contributed by atoms with Crippen molar-refractivity contribution in [3.8, 4) is 6.07 Å². The Balaban J connectivity index is 1.64. The molecule has 0 radical (unpaired) electrons. The van der Waals surface area contributed by atoms with Gasteiger partial charge < -0.3 is 4.90 Å². The Labute approximate surface area is 169 Å². The number of nitrogens with zero attached hydrogens (tertiary/aromatic N) is 3. The summed E-state index contributed by atoms with van der Waals surface area (Å²) >= 11 is 1.49. The van der Waals surface area contributed by atoms with Crippen LogP contribution < -0.4 is 0 Å². The number of rotatable bonds is 5. The first-order valence-corrected chi connectivity index (χ1v) is 11.2. The molecule has 1 amide bonds. The zero-order valence-corrected chi connectivity index (χ0v) is 17.1. The molecule has 146 valence electrons. The third-order valence-corrected chi connectivity index (χ3v) is 7.64. The number of amides is 1. The maximum atomic E-state index is 12.9. The first-order chi connectivity index (χ1) is 13.4. The second-order valence-electron chi connectivity index (χ2n) is 6.41. The number of thioether (sulfide) groups is 1. The topological polar surface area (TPSA) is 81.5 Å². The summed E-state index contributed by atoms with van der Waals surface area (Å²) in [7, 11) is -3.76. The van der Waals surface area contributed by atoms with Crippen molar-refractivity contribution in [3.05, 3.63) is 60.2 Å². The molecule has 0 aliphatic carbocycles. The highest BCUT2D eigenvalue weighted by atomic mass is 32.2. The quantitative estimate of drug-likeness (QED) is 0.701. The van der Waals surface area contributed by atoms with Gasteiger partial charge in [0.15, 0.2) is 0 Å². The summed E-state index contributed by atoms with van der Waals surface area (Å²) in [6, 6.07) is 17.8. The van der Waals surface area contributed by atoms with Gasteiger partial charge in [0.1, 0.15) is 6.07 Å². The Morgan fingerprint density at radius 3 is 2.29 bits per heavy atom. The minimum Gasteiger partial charge on any atom is -0.339 e. The summed E-state index contributed by atoms with van der Waals surface area (Å²) in [5.74, 6) is 0.00308. The van der Waals surface area contributed by atoms with Gasteiger partial charge in [0.25, 0.3) is 0 Å². The third-order valence-electron chi connectivity index (χ3n) is 4.58. The van der Waals surface area contributed by atoms with Crippen LogP contribution >= 0.6 is 11.8 Å². The van der Waals surface area contributed by atoms with E-state index in [-0.39, 0.29) is 34.7 Å². The van der Waals surface area contributed by atoms with Crippen molar-refractivity contribution in [3.63, 3.8) is 0 Å². The number of hydrogen-bond donors (Lipinski definition) is 0. The van der Waals surface area contributed by atoms with Gasteiger partial charge in [-0.3, -0.25) is 4.79 Å². The maximum absolute atomic E-state index is 12.9. The Bertz CT molecular complexity index is 979. The van der Waals surface area contributed by atoms with Crippen molar-refractivity contribution in [1.29, 1.82) is 5.26 Å². The SMILES string of the molecule is C[C@H](Sc1ccccc1)C(=O)N1CCN(S(=O)(=O)c2ccccc2C#N)CC1. The zero-order chi connectivity index (χ0) is 20.1. The number of benzene rings is 2. The molecule has 1 saturated heterocycles. The molecule has 0 spiro atoms. The number of sulfonamides is 1. The van der Waals surface area contributed by atoms with Crippen LogP contribution in [0.15, 0.2) is 64.4 Å². The average molecular weight is 416 g/mol. The van der Waals surface area contributed by atoms with E-state index in [1.807, 2.05) is 43.3 Å². The number of carbonyl (C=O) groups is 1. The molecule has 1 heterocycles. The van der Waals surface area contributed by atoms with Crippen LogP contribution in [0, 0.1) is 11.3 Å². The molecule has 3 rings (SSSR count). The minimum absolute atomic E-state index is 0.00308. The fraction of sp³-hybridized carbons (Fsp3) is 0.300. The smallest absolute Gasteiger partial charge is 0.244 e. The predicted octanol–water partition coefficient (Wildman–Crippen LogP) is 2.57. The molecule has 6 nitrogen and oxygen atoms in total. The fourth-order valence-electron chi connectivity index (χ4n) is 3.08. The largest absolute Gasteiger partial charge is 0.339 e. The highest BCUT2D eigenvalue weighted by molar-refractivity contribution is 8.00. The van der Waals surface area contributed by atoms with Gasteiger partial charge in [-0.25, -0.2) is 8.42 Å². The second-order valence-corrected chi connectivity index (χ2v) is 9.73. The van der Waals surface area contributed by atoms with E-state index in [0.717, 1.165) is 4.90 Å². The summed E-state index contributed by atoms with van der Waals surface area (Å²) in [5, 5.41) is 8.94. The van der Waals surface area contributed by atoms with Gasteiger partial charge in [-0.2, -0.15) is 9.57 Å². The molecule has 1 aliphatic rings. The lowest BCUT2D eigenvalue weighted by Gasteiger charge is -2.35. The molecule has 1 aliphatic heterocycles. The lowest BCUT2D eigenvalue weighted by Crippen LogP contribution is -2.52. The van der Waals surface area contributed by atoms with Gasteiger partial charge >= 0.3 is 0 Å². The van der Waals surface area contributed by atoms with Crippen molar-refractivity contribution >= 4 is 27.7 Å². The maximum Gasteiger partial charge on any atom is 0.244 e. The number of hydrogen-bond acceptors (Lipinski definition) is 5. The monoisotopic (exact) mass is 415 g/mol. The van der Waals surface area contributed by atoms with E-state index in [1.165, 1.54) is 28.2 Å². The van der Waals surface area contributed by atoms with Crippen LogP contribution in [0.2, 0.25) is 0 Å². The van der Waals surface area contributed by atoms with E-state index in [2.05, 4.69) is 0 Å². The summed E-state index contributed by atoms with van der Waals surface area (Å²) < 4.78 is 27.1. The first kappa shape index (κ1) is 20.4. The first-order valence-electron chi connectivity index (χ1n) is 8.93. The molecule has 0 saturated carbocycles. The molecule has 1 fully saturated rings. The molecule has 0 bridgehead atoms. The van der Waals surface area contributed by atoms with Crippen LogP contribution in [0.5, 0.6) is 0 Å². The molecule has 28 heavy (non-hydrogen) atoms. The number of carbonyl (C=O) groups excluding carboxylic acids is 1. The molecule has 2 aromatic rings. The Hall–Kier alpha value is -2.34. The molecule has 8 heteroatoms. The van der Waals surface area contributed by atoms with E-state index in [0.29, 0.717) is 13.1 Å². The van der Waals surface area contributed by atoms with Gasteiger partial charge in [-0.1, -0.05) is 30.3 Å². The molecule has 0 N–H and O–H groups in total. The van der Waals surface area contributed by atoms with Crippen molar-refractivity contribution in [1.82, 2.24) is 9.21 Å². The zero-order valence-electron chi connectivity index (χ0n) is 15.5. The van der Waals surface area contributed by atoms with E-state index in [4.69, 9.17) is 0 Å². The van der Waals surface area contributed by atoms with Gasteiger partial charge in [-0.15, -0.1) is 11.8 Å². The summed E-state index contributed by atoms with van der Waals surface area (Å²) in [5.41, 5.74) is 0.133. The summed E-state index contributed by atoms with van der Waals surface area (Å²) in [6.07, 6.45) is 0. The predicted molar refractivity (Wildman–Crippen MR) is 108 cm³/mol. The molecule has 0 unspecified atom stereocenters. The third kappa shape index (κ3) is 4.38. The van der Waals surface area contributed by atoms with Crippen LogP contribution in [0.25, 0.3) is 0 Å². The number of nitriles is 1. The standard InChI is InChI=1S/C20H21N3O3S2/c1-16(27-18-8-3-2-4-9-18)20(24)22-11-13-23(14-12-22)28(25,26)19-10-6-5-7-17(19)15-21/h2-10,16H,11-14H2,1H3/t16-/m0/s1. The van der Waals surface area contributed by atoms with Crippen molar-refractivity contribution < 1.29 is 13.2 Å². The average Bonchev–Trinajstić information content (AvgIpc) is 2.74.